The van der Waals surface area contributed by atoms with Crippen molar-refractivity contribution in [1.29, 1.82) is 0 Å². The van der Waals surface area contributed by atoms with Crippen molar-refractivity contribution in [2.24, 2.45) is 0 Å². The lowest BCUT2D eigenvalue weighted by Gasteiger charge is -2.23. The van der Waals surface area contributed by atoms with Gasteiger partial charge in [0.25, 0.3) is 5.91 Å². The van der Waals surface area contributed by atoms with Crippen molar-refractivity contribution >= 4 is 11.9 Å². The Morgan fingerprint density at radius 2 is 1.88 bits per heavy atom. The van der Waals surface area contributed by atoms with E-state index in [1.807, 2.05) is 12.1 Å². The number of benzene rings is 1. The van der Waals surface area contributed by atoms with Crippen molar-refractivity contribution in [3.63, 3.8) is 0 Å². The number of ether oxygens (including phenoxy) is 1. The molecule has 1 amide bonds. The van der Waals surface area contributed by atoms with Crippen LogP contribution in [0.3, 0.4) is 0 Å². The van der Waals surface area contributed by atoms with Crippen LogP contribution in [0.25, 0.3) is 0 Å². The minimum Gasteiger partial charge on any atom is -0.475 e. The number of carboxylic acid groups (broad SMARTS) is 1. The molecule has 2 rings (SSSR count). The number of hydrogen-bond donors (Lipinski definition) is 3. The summed E-state index contributed by atoms with van der Waals surface area (Å²) in [6.45, 7) is 2.73. The number of nitrogens with one attached hydrogen (secondary N) is 1. The highest BCUT2D eigenvalue weighted by atomic mass is 19.4. The minimum atomic E-state index is -5.08. The summed E-state index contributed by atoms with van der Waals surface area (Å²) in [5.41, 5.74) is 3.26. The second-order valence-electron chi connectivity index (χ2n) is 5.66. The van der Waals surface area contributed by atoms with Gasteiger partial charge in [0.1, 0.15) is 0 Å². The number of aliphatic carboxylic acids is 1. The van der Waals surface area contributed by atoms with Crippen molar-refractivity contribution in [2.45, 2.75) is 31.6 Å². The number of nitrogens with zero attached hydrogens (tertiary/aromatic N) is 1. The van der Waals surface area contributed by atoms with Crippen LogP contribution in [0.4, 0.5) is 13.2 Å². The van der Waals surface area contributed by atoms with E-state index in [9.17, 15) is 18.0 Å². The molecule has 0 aliphatic carbocycles. The summed E-state index contributed by atoms with van der Waals surface area (Å²) in [5, 5.41) is 15.7. The molecule has 0 aromatic heterocycles. The monoisotopic (exact) mass is 378 g/mol. The molecule has 1 atom stereocenters. The molecule has 146 valence electrons. The summed E-state index contributed by atoms with van der Waals surface area (Å²) < 4.78 is 37.0. The Balaban J connectivity index is 0.000000412. The van der Waals surface area contributed by atoms with Crippen molar-refractivity contribution in [1.82, 2.24) is 10.4 Å². The van der Waals surface area contributed by atoms with Gasteiger partial charge in [-0.3, -0.25) is 14.9 Å². The number of hydroxylamine groups is 1. The van der Waals surface area contributed by atoms with E-state index in [-0.39, 0.29) is 0 Å². The van der Waals surface area contributed by atoms with E-state index in [0.717, 1.165) is 25.3 Å². The first-order valence-electron chi connectivity index (χ1n) is 7.75. The minimum absolute atomic E-state index is 0.459. The second kappa shape index (κ2) is 10.1. The van der Waals surface area contributed by atoms with Gasteiger partial charge in [-0.2, -0.15) is 13.2 Å². The molecule has 1 aliphatic rings. The quantitative estimate of drug-likeness (QED) is 0.536. The SMILES string of the molecule is COC[C@H]1CCCN1Cc1ccc(C(=O)NO)cc1.O=C(O)C(F)(F)F. The maximum Gasteiger partial charge on any atom is 0.490 e. The van der Waals surface area contributed by atoms with Gasteiger partial charge in [0.15, 0.2) is 0 Å². The number of rotatable bonds is 5. The first-order valence-corrected chi connectivity index (χ1v) is 7.75. The Labute approximate surface area is 148 Å². The first kappa shape index (κ1) is 21.9. The van der Waals surface area contributed by atoms with Crippen LogP contribution >= 0.6 is 0 Å². The zero-order valence-corrected chi connectivity index (χ0v) is 14.1. The third-order valence-corrected chi connectivity index (χ3v) is 3.80. The fourth-order valence-electron chi connectivity index (χ4n) is 2.55. The van der Waals surface area contributed by atoms with Gasteiger partial charge in [-0.15, -0.1) is 0 Å². The lowest BCUT2D eigenvalue weighted by atomic mass is 10.1. The molecule has 0 bridgehead atoms. The van der Waals surface area contributed by atoms with Crippen molar-refractivity contribution in [2.75, 3.05) is 20.3 Å². The van der Waals surface area contributed by atoms with Crippen molar-refractivity contribution in [3.05, 3.63) is 35.4 Å². The summed E-state index contributed by atoms with van der Waals surface area (Å²) in [7, 11) is 1.73. The summed E-state index contributed by atoms with van der Waals surface area (Å²) in [4.78, 5) is 22.5. The Bertz CT molecular complexity index is 593. The second-order valence-corrected chi connectivity index (χ2v) is 5.66. The molecular formula is C16H21F3N2O5. The normalized spacial score (nSPS) is 17.3. The molecule has 1 aromatic rings. The summed E-state index contributed by atoms with van der Waals surface area (Å²) in [6, 6.07) is 7.79. The molecule has 10 heteroatoms. The number of carbonyl (C=O) groups is 2. The third kappa shape index (κ3) is 6.98. The fourth-order valence-corrected chi connectivity index (χ4v) is 2.55. The predicted octanol–water partition coefficient (Wildman–Crippen LogP) is 2.05. The molecule has 1 aliphatic heterocycles. The van der Waals surface area contributed by atoms with E-state index in [4.69, 9.17) is 19.8 Å². The molecule has 0 spiro atoms. The standard InChI is InChI=1S/C14H20N2O3.C2HF3O2/c1-19-10-13-3-2-8-16(13)9-11-4-6-12(7-5-11)14(17)15-18;3-2(4,5)1(6)7/h4-7,13,18H,2-3,8-10H2,1H3,(H,15,17);(H,6,7)/t13-;/m1./s1. The van der Waals surface area contributed by atoms with Crippen LogP contribution in [0.1, 0.15) is 28.8 Å². The lowest BCUT2D eigenvalue weighted by molar-refractivity contribution is -0.192. The average molecular weight is 378 g/mol. The summed E-state index contributed by atoms with van der Waals surface area (Å²) in [6.07, 6.45) is -2.70. The van der Waals surface area contributed by atoms with E-state index >= 15 is 0 Å². The number of alkyl halides is 3. The average Bonchev–Trinajstić information content (AvgIpc) is 3.02. The van der Waals surface area contributed by atoms with Gasteiger partial charge in [-0.25, -0.2) is 10.3 Å². The van der Waals surface area contributed by atoms with E-state index in [1.54, 1.807) is 24.7 Å². The van der Waals surface area contributed by atoms with Crippen molar-refractivity contribution in [3.8, 4) is 0 Å². The van der Waals surface area contributed by atoms with Gasteiger partial charge in [0.05, 0.1) is 6.61 Å². The highest BCUT2D eigenvalue weighted by Crippen LogP contribution is 2.20. The number of carboxylic acids is 1. The van der Waals surface area contributed by atoms with Crippen LogP contribution in [0, 0.1) is 0 Å². The zero-order chi connectivity index (χ0) is 19.7. The largest absolute Gasteiger partial charge is 0.490 e. The predicted molar refractivity (Wildman–Crippen MR) is 84.7 cm³/mol. The van der Waals surface area contributed by atoms with E-state index in [2.05, 4.69) is 4.90 Å². The molecule has 0 saturated carbocycles. The van der Waals surface area contributed by atoms with E-state index < -0.39 is 18.1 Å². The number of halogens is 3. The molecular weight excluding hydrogens is 357 g/mol. The number of amides is 1. The van der Waals surface area contributed by atoms with Gasteiger partial charge in [-0.1, -0.05) is 12.1 Å². The number of carbonyl (C=O) groups excluding carboxylic acids is 1. The number of likely N-dealkylation sites (tertiary alicyclic amines) is 1. The topological polar surface area (TPSA) is 99.1 Å². The molecule has 26 heavy (non-hydrogen) atoms. The lowest BCUT2D eigenvalue weighted by Crippen LogP contribution is -2.32. The smallest absolute Gasteiger partial charge is 0.475 e. The Hall–Kier alpha value is -2.17. The molecule has 1 aromatic carbocycles. The van der Waals surface area contributed by atoms with E-state index in [1.165, 1.54) is 12.8 Å². The maximum atomic E-state index is 11.2. The van der Waals surface area contributed by atoms with Crippen molar-refractivity contribution < 1.29 is 37.8 Å². The first-order chi connectivity index (χ1) is 12.2. The van der Waals surface area contributed by atoms with Crippen LogP contribution in [0.5, 0.6) is 0 Å². The van der Waals surface area contributed by atoms with Gasteiger partial charge in [-0.05, 0) is 37.1 Å². The molecule has 7 nitrogen and oxygen atoms in total. The Morgan fingerprint density at radius 3 is 2.35 bits per heavy atom. The highest BCUT2D eigenvalue weighted by Gasteiger charge is 2.38. The summed E-state index contributed by atoms with van der Waals surface area (Å²) >= 11 is 0. The third-order valence-electron chi connectivity index (χ3n) is 3.80. The van der Waals surface area contributed by atoms with Gasteiger partial charge < -0.3 is 9.84 Å². The Kier molecular flexibility index (Phi) is 8.49. The van der Waals surface area contributed by atoms with E-state index in [0.29, 0.717) is 11.6 Å². The van der Waals surface area contributed by atoms with Crippen LogP contribution in [0.2, 0.25) is 0 Å². The van der Waals surface area contributed by atoms with Crippen LogP contribution in [-0.4, -0.2) is 59.6 Å². The van der Waals surface area contributed by atoms with Crippen LogP contribution < -0.4 is 5.48 Å². The molecule has 0 radical (unpaired) electrons. The zero-order valence-electron chi connectivity index (χ0n) is 14.1. The van der Waals surface area contributed by atoms with Gasteiger partial charge in [0, 0.05) is 25.3 Å². The number of methoxy groups -OCH3 is 1. The molecule has 0 unspecified atom stereocenters. The molecule has 1 fully saturated rings. The number of hydrogen-bond acceptors (Lipinski definition) is 5. The molecule has 3 N–H and O–H groups in total. The van der Waals surface area contributed by atoms with Crippen LogP contribution in [0.15, 0.2) is 24.3 Å². The fraction of sp³-hybridized carbons (Fsp3) is 0.500. The highest BCUT2D eigenvalue weighted by molar-refractivity contribution is 5.93. The maximum absolute atomic E-state index is 11.2. The molecule has 1 heterocycles. The van der Waals surface area contributed by atoms with Gasteiger partial charge >= 0.3 is 12.1 Å². The summed E-state index contributed by atoms with van der Waals surface area (Å²) in [5.74, 6) is -3.24. The van der Waals surface area contributed by atoms with Gasteiger partial charge in [0.2, 0.25) is 0 Å². The molecule has 1 saturated heterocycles. The van der Waals surface area contributed by atoms with Crippen LogP contribution in [-0.2, 0) is 16.1 Å². The Morgan fingerprint density at radius 1 is 1.31 bits per heavy atom.